The van der Waals surface area contributed by atoms with Gasteiger partial charge in [0.05, 0.1) is 18.1 Å². The number of piperidine rings is 1. The fourth-order valence-corrected chi connectivity index (χ4v) is 3.09. The van der Waals surface area contributed by atoms with E-state index in [1.165, 1.54) is 0 Å². The van der Waals surface area contributed by atoms with Crippen LogP contribution in [-0.4, -0.2) is 48.7 Å². The highest BCUT2D eigenvalue weighted by atomic mass is 16.5. The molecule has 1 heterocycles. The SMILES string of the molecule is COCC(C)C(=O)N1CCC(c2ccccc2C(=O)O)CC1. The zero-order valence-electron chi connectivity index (χ0n) is 13.1. The Balaban J connectivity index is 2.01. The summed E-state index contributed by atoms with van der Waals surface area (Å²) in [5.41, 5.74) is 1.26. The zero-order chi connectivity index (χ0) is 16.1. The Morgan fingerprint density at radius 1 is 1.32 bits per heavy atom. The van der Waals surface area contributed by atoms with Gasteiger partial charge in [0.2, 0.25) is 5.91 Å². The molecule has 1 atom stereocenters. The van der Waals surface area contributed by atoms with Crippen molar-refractivity contribution < 1.29 is 19.4 Å². The Morgan fingerprint density at radius 2 is 1.95 bits per heavy atom. The van der Waals surface area contributed by atoms with E-state index in [-0.39, 0.29) is 17.7 Å². The summed E-state index contributed by atoms with van der Waals surface area (Å²) in [4.78, 5) is 25.4. The predicted octanol–water partition coefficient (Wildman–Crippen LogP) is 2.37. The van der Waals surface area contributed by atoms with Crippen molar-refractivity contribution in [2.45, 2.75) is 25.7 Å². The smallest absolute Gasteiger partial charge is 0.335 e. The highest BCUT2D eigenvalue weighted by Crippen LogP contribution is 2.30. The van der Waals surface area contributed by atoms with Gasteiger partial charge in [0.1, 0.15) is 0 Å². The van der Waals surface area contributed by atoms with E-state index < -0.39 is 5.97 Å². The summed E-state index contributed by atoms with van der Waals surface area (Å²) in [7, 11) is 1.60. The Morgan fingerprint density at radius 3 is 2.55 bits per heavy atom. The van der Waals surface area contributed by atoms with Crippen LogP contribution in [0.1, 0.15) is 41.6 Å². The highest BCUT2D eigenvalue weighted by Gasteiger charge is 2.28. The minimum Gasteiger partial charge on any atom is -0.478 e. The van der Waals surface area contributed by atoms with E-state index in [1.54, 1.807) is 19.2 Å². The van der Waals surface area contributed by atoms with Crippen LogP contribution in [0.3, 0.4) is 0 Å². The largest absolute Gasteiger partial charge is 0.478 e. The summed E-state index contributed by atoms with van der Waals surface area (Å²) in [6, 6.07) is 7.16. The van der Waals surface area contributed by atoms with Gasteiger partial charge in [-0.05, 0) is 30.4 Å². The third-order valence-electron chi connectivity index (χ3n) is 4.28. The van der Waals surface area contributed by atoms with E-state index in [0.717, 1.165) is 18.4 Å². The second kappa shape index (κ2) is 7.40. The fourth-order valence-electron chi connectivity index (χ4n) is 3.09. The first-order valence-electron chi connectivity index (χ1n) is 7.64. The predicted molar refractivity (Wildman–Crippen MR) is 83.0 cm³/mol. The molecule has 0 spiro atoms. The lowest BCUT2D eigenvalue weighted by Crippen LogP contribution is -2.41. The number of carbonyl (C=O) groups is 2. The van der Waals surface area contributed by atoms with Crippen LogP contribution in [-0.2, 0) is 9.53 Å². The molecule has 1 saturated heterocycles. The number of aromatic carboxylic acids is 1. The minimum atomic E-state index is -0.886. The van der Waals surface area contributed by atoms with E-state index in [1.807, 2.05) is 24.0 Å². The molecule has 1 aromatic rings. The van der Waals surface area contributed by atoms with Gasteiger partial charge in [0.25, 0.3) is 0 Å². The average Bonchev–Trinajstić information content (AvgIpc) is 2.54. The lowest BCUT2D eigenvalue weighted by Gasteiger charge is -2.34. The first-order chi connectivity index (χ1) is 10.5. The summed E-state index contributed by atoms with van der Waals surface area (Å²) < 4.78 is 5.04. The molecule has 0 aromatic heterocycles. The van der Waals surface area contributed by atoms with Crippen LogP contribution in [0, 0.1) is 5.92 Å². The molecule has 1 aliphatic heterocycles. The number of methoxy groups -OCH3 is 1. The molecule has 0 radical (unpaired) electrons. The normalized spacial score (nSPS) is 17.3. The van der Waals surface area contributed by atoms with Gasteiger partial charge in [-0.3, -0.25) is 4.79 Å². The number of nitrogens with zero attached hydrogens (tertiary/aromatic N) is 1. The van der Waals surface area contributed by atoms with Crippen LogP contribution in [0.2, 0.25) is 0 Å². The van der Waals surface area contributed by atoms with Crippen LogP contribution < -0.4 is 0 Å². The standard InChI is InChI=1S/C17H23NO4/c1-12(11-22-2)16(19)18-9-7-13(8-10-18)14-5-3-4-6-15(14)17(20)21/h3-6,12-13H,7-11H2,1-2H3,(H,20,21). The van der Waals surface area contributed by atoms with Gasteiger partial charge < -0.3 is 14.7 Å². The zero-order valence-corrected chi connectivity index (χ0v) is 13.1. The van der Waals surface area contributed by atoms with Gasteiger partial charge in [-0.1, -0.05) is 25.1 Å². The Labute approximate surface area is 130 Å². The topological polar surface area (TPSA) is 66.8 Å². The number of likely N-dealkylation sites (tertiary alicyclic amines) is 1. The van der Waals surface area contributed by atoms with Crippen LogP contribution in [0.5, 0.6) is 0 Å². The number of hydrogen-bond donors (Lipinski definition) is 1. The maximum Gasteiger partial charge on any atom is 0.335 e. The van der Waals surface area contributed by atoms with Crippen LogP contribution in [0.25, 0.3) is 0 Å². The van der Waals surface area contributed by atoms with Crippen molar-refractivity contribution in [1.82, 2.24) is 4.90 Å². The van der Waals surface area contributed by atoms with E-state index in [0.29, 0.717) is 25.3 Å². The van der Waals surface area contributed by atoms with Crippen molar-refractivity contribution in [3.63, 3.8) is 0 Å². The number of ether oxygens (including phenoxy) is 1. The van der Waals surface area contributed by atoms with Gasteiger partial charge in [-0.15, -0.1) is 0 Å². The molecule has 1 aromatic carbocycles. The third-order valence-corrected chi connectivity index (χ3v) is 4.28. The number of amides is 1. The molecule has 1 amide bonds. The summed E-state index contributed by atoms with van der Waals surface area (Å²) in [5, 5.41) is 9.29. The first kappa shape index (κ1) is 16.5. The number of benzene rings is 1. The van der Waals surface area contributed by atoms with Crippen LogP contribution >= 0.6 is 0 Å². The highest BCUT2D eigenvalue weighted by molar-refractivity contribution is 5.89. The second-order valence-electron chi connectivity index (χ2n) is 5.85. The molecule has 0 saturated carbocycles. The summed E-state index contributed by atoms with van der Waals surface area (Å²) >= 11 is 0. The molecule has 2 rings (SSSR count). The minimum absolute atomic E-state index is 0.117. The molecule has 1 N–H and O–H groups in total. The molecule has 1 aliphatic rings. The molecule has 0 aliphatic carbocycles. The number of carbonyl (C=O) groups excluding carboxylic acids is 1. The van der Waals surface area contributed by atoms with Crippen LogP contribution in [0.4, 0.5) is 0 Å². The molecular weight excluding hydrogens is 282 g/mol. The number of carboxylic acids is 1. The number of hydrogen-bond acceptors (Lipinski definition) is 3. The van der Waals surface area contributed by atoms with Crippen molar-refractivity contribution >= 4 is 11.9 Å². The van der Waals surface area contributed by atoms with Gasteiger partial charge in [-0.25, -0.2) is 4.79 Å². The summed E-state index contributed by atoms with van der Waals surface area (Å²) in [6.45, 7) is 3.65. The Kier molecular flexibility index (Phi) is 5.55. The van der Waals surface area contributed by atoms with Crippen molar-refractivity contribution in [1.29, 1.82) is 0 Å². The monoisotopic (exact) mass is 305 g/mol. The first-order valence-corrected chi connectivity index (χ1v) is 7.64. The maximum absolute atomic E-state index is 12.3. The molecule has 5 nitrogen and oxygen atoms in total. The van der Waals surface area contributed by atoms with Crippen LogP contribution in [0.15, 0.2) is 24.3 Å². The van der Waals surface area contributed by atoms with Gasteiger partial charge in [0.15, 0.2) is 0 Å². The van der Waals surface area contributed by atoms with Gasteiger partial charge >= 0.3 is 5.97 Å². The number of rotatable bonds is 5. The maximum atomic E-state index is 12.3. The molecule has 22 heavy (non-hydrogen) atoms. The summed E-state index contributed by atoms with van der Waals surface area (Å²) in [6.07, 6.45) is 1.60. The van der Waals surface area contributed by atoms with Crippen molar-refractivity contribution in [3.8, 4) is 0 Å². The molecule has 1 unspecified atom stereocenters. The molecule has 5 heteroatoms. The molecule has 0 bridgehead atoms. The summed E-state index contributed by atoms with van der Waals surface area (Å²) in [5.74, 6) is -0.698. The van der Waals surface area contributed by atoms with E-state index in [9.17, 15) is 14.7 Å². The third kappa shape index (κ3) is 3.65. The molecule has 1 fully saturated rings. The molecule has 120 valence electrons. The Hall–Kier alpha value is -1.88. The fraction of sp³-hybridized carbons (Fsp3) is 0.529. The van der Waals surface area contributed by atoms with Gasteiger partial charge in [0, 0.05) is 20.2 Å². The van der Waals surface area contributed by atoms with Crippen molar-refractivity contribution in [2.75, 3.05) is 26.8 Å². The quantitative estimate of drug-likeness (QED) is 0.907. The van der Waals surface area contributed by atoms with Crippen molar-refractivity contribution in [2.24, 2.45) is 5.92 Å². The average molecular weight is 305 g/mol. The van der Waals surface area contributed by atoms with E-state index >= 15 is 0 Å². The van der Waals surface area contributed by atoms with E-state index in [4.69, 9.17) is 4.74 Å². The second-order valence-corrected chi connectivity index (χ2v) is 5.85. The lowest BCUT2D eigenvalue weighted by atomic mass is 9.86. The van der Waals surface area contributed by atoms with E-state index in [2.05, 4.69) is 0 Å². The van der Waals surface area contributed by atoms with Gasteiger partial charge in [-0.2, -0.15) is 0 Å². The molecular formula is C17H23NO4. The number of carboxylic acid groups (broad SMARTS) is 1. The Bertz CT molecular complexity index is 535. The van der Waals surface area contributed by atoms with Crippen molar-refractivity contribution in [3.05, 3.63) is 35.4 Å². The lowest BCUT2D eigenvalue weighted by molar-refractivity contribution is -0.137.